The average molecular weight is 326 g/mol. The quantitative estimate of drug-likeness (QED) is 0.752. The fourth-order valence-electron chi connectivity index (χ4n) is 3.83. The summed E-state index contributed by atoms with van der Waals surface area (Å²) in [7, 11) is 5.66. The second kappa shape index (κ2) is 4.88. The van der Waals surface area contributed by atoms with Gasteiger partial charge in [0.15, 0.2) is 15.6 Å². The Morgan fingerprint density at radius 2 is 2.22 bits per heavy atom. The molecule has 2 aromatic heterocycles. The number of piperidine rings is 3. The van der Waals surface area contributed by atoms with E-state index in [0.717, 1.165) is 13.1 Å². The molecule has 1 spiro atoms. The van der Waals surface area contributed by atoms with E-state index < -0.39 is 0 Å². The second-order valence-corrected chi connectivity index (χ2v) is 7.38. The summed E-state index contributed by atoms with van der Waals surface area (Å²) in [5.74, 6) is 0.606. The van der Waals surface area contributed by atoms with E-state index in [4.69, 9.17) is 12.6 Å². The van der Waals surface area contributed by atoms with Gasteiger partial charge in [0.1, 0.15) is 13.4 Å². The third kappa shape index (κ3) is 2.21. The minimum absolute atomic E-state index is 0.142. The van der Waals surface area contributed by atoms with E-state index >= 15 is 0 Å². The molecule has 23 heavy (non-hydrogen) atoms. The Balaban J connectivity index is 1.35. The van der Waals surface area contributed by atoms with E-state index in [1.165, 1.54) is 43.5 Å². The molecule has 2 bridgehead atoms. The second-order valence-electron chi connectivity index (χ2n) is 6.41. The van der Waals surface area contributed by atoms with Crippen LogP contribution in [-0.4, -0.2) is 65.5 Å². The zero-order valence-electron chi connectivity index (χ0n) is 12.5. The van der Waals surface area contributed by atoms with Crippen molar-refractivity contribution in [3.8, 4) is 0 Å². The fourth-order valence-corrected chi connectivity index (χ4v) is 4.62. The Kier molecular flexibility index (Phi) is 2.90. The third-order valence-electron chi connectivity index (χ3n) is 4.97. The molecular formula is C14H15BN6OS. The van der Waals surface area contributed by atoms with Crippen LogP contribution in [0.15, 0.2) is 11.2 Å². The summed E-state index contributed by atoms with van der Waals surface area (Å²) in [6.07, 6.45) is 3.92. The molecule has 7 nitrogen and oxygen atoms in total. The number of aromatic nitrogens is 3. The first kappa shape index (κ1) is 13.7. The summed E-state index contributed by atoms with van der Waals surface area (Å²) in [4.78, 5) is 20.6. The molecule has 1 atom stereocenters. The number of hydrogen-bond donors (Lipinski definition) is 1. The highest BCUT2D eigenvalue weighted by Gasteiger charge is 2.51. The molecule has 0 aromatic carbocycles. The number of rotatable bonds is 1. The maximum atomic E-state index is 6.25. The number of nitrogens with one attached hydrogen (secondary N) is 1. The van der Waals surface area contributed by atoms with Crippen LogP contribution < -0.4 is 10.9 Å². The third-order valence-corrected chi connectivity index (χ3v) is 5.82. The largest absolute Gasteiger partial charge is 0.455 e. The van der Waals surface area contributed by atoms with Gasteiger partial charge in [0.25, 0.3) is 6.02 Å². The normalized spacial score (nSPS) is 32.3. The smallest absolute Gasteiger partial charge is 0.291 e. The molecule has 3 saturated heterocycles. The first-order chi connectivity index (χ1) is 11.2. The molecule has 1 N–H and O–H groups in total. The van der Waals surface area contributed by atoms with Crippen LogP contribution in [0.25, 0.3) is 10.5 Å². The van der Waals surface area contributed by atoms with Crippen LogP contribution in [0.1, 0.15) is 12.8 Å². The molecule has 2 aromatic rings. The van der Waals surface area contributed by atoms with Crippen LogP contribution in [0.3, 0.4) is 0 Å². The molecule has 116 valence electrons. The number of ether oxygens (including phenoxy) is 1. The van der Waals surface area contributed by atoms with E-state index in [2.05, 4.69) is 30.2 Å². The number of amidine groups is 1. The van der Waals surface area contributed by atoms with Crippen LogP contribution in [0, 0.1) is 5.92 Å². The van der Waals surface area contributed by atoms with Gasteiger partial charge < -0.3 is 4.74 Å². The van der Waals surface area contributed by atoms with Crippen LogP contribution in [-0.2, 0) is 4.74 Å². The Morgan fingerprint density at radius 1 is 1.35 bits per heavy atom. The molecule has 6 heterocycles. The van der Waals surface area contributed by atoms with Gasteiger partial charge in [-0.25, -0.2) is 15.0 Å². The van der Waals surface area contributed by atoms with Gasteiger partial charge in [0, 0.05) is 24.3 Å². The van der Waals surface area contributed by atoms with E-state index in [1.54, 1.807) is 0 Å². The summed E-state index contributed by atoms with van der Waals surface area (Å²) in [5, 5.41) is 3.86. The van der Waals surface area contributed by atoms with Gasteiger partial charge in [-0.2, -0.15) is 4.98 Å². The molecular weight excluding hydrogens is 311 g/mol. The number of fused-ring (bicyclic) bond motifs is 3. The number of anilines is 1. The highest BCUT2D eigenvalue weighted by molar-refractivity contribution is 7.21. The van der Waals surface area contributed by atoms with Crippen LogP contribution in [0.4, 0.5) is 5.13 Å². The van der Waals surface area contributed by atoms with Gasteiger partial charge in [-0.15, -0.1) is 0 Å². The van der Waals surface area contributed by atoms with Gasteiger partial charge in [-0.05, 0) is 25.9 Å². The van der Waals surface area contributed by atoms with Crippen molar-refractivity contribution in [1.29, 1.82) is 0 Å². The van der Waals surface area contributed by atoms with Crippen molar-refractivity contribution in [1.82, 2.24) is 19.9 Å². The average Bonchev–Trinajstić information content (AvgIpc) is 3.12. The summed E-state index contributed by atoms with van der Waals surface area (Å²) in [5.41, 5.74) is 0.840. The molecule has 0 unspecified atom stereocenters. The zero-order chi connectivity index (χ0) is 15.4. The first-order valence-corrected chi connectivity index (χ1v) is 8.64. The lowest BCUT2D eigenvalue weighted by Gasteiger charge is -2.50. The van der Waals surface area contributed by atoms with Gasteiger partial charge in [0.05, 0.1) is 6.54 Å². The molecule has 9 heteroatoms. The van der Waals surface area contributed by atoms with Crippen molar-refractivity contribution in [2.75, 3.05) is 31.5 Å². The van der Waals surface area contributed by atoms with Gasteiger partial charge in [-0.3, -0.25) is 10.2 Å². The van der Waals surface area contributed by atoms with Crippen molar-refractivity contribution in [3.63, 3.8) is 0 Å². The topological polar surface area (TPSA) is 75.5 Å². The Bertz CT molecular complexity index is 802. The predicted octanol–water partition coefficient (Wildman–Crippen LogP) is 0.143. The summed E-state index contributed by atoms with van der Waals surface area (Å²) in [6.45, 7) is 4.08. The number of nitrogens with zero attached hydrogens (tertiary/aromatic N) is 5. The minimum Gasteiger partial charge on any atom is -0.455 e. The van der Waals surface area contributed by atoms with Crippen molar-refractivity contribution in [2.45, 2.75) is 18.4 Å². The summed E-state index contributed by atoms with van der Waals surface area (Å²) >= 11 is 1.40. The molecule has 4 aliphatic rings. The monoisotopic (exact) mass is 326 g/mol. The Labute approximate surface area is 138 Å². The molecule has 0 saturated carbocycles. The first-order valence-electron chi connectivity index (χ1n) is 7.82. The molecule has 3 fully saturated rings. The van der Waals surface area contributed by atoms with Crippen molar-refractivity contribution < 1.29 is 4.74 Å². The number of thiazole rings is 1. The standard InChI is InChI=1S/C14H15BN6OS/c15-9-5-16-10-11(18-9)23-13(19-10)20-12-17-6-14(22-12)7-21-3-1-8(14)2-4-21/h5,8H,1-4,6-7H2,(H,16,17,19,20)/t14-/m0/s1. The lowest BCUT2D eigenvalue weighted by Crippen LogP contribution is -2.61. The van der Waals surface area contributed by atoms with E-state index in [1.807, 2.05) is 0 Å². The van der Waals surface area contributed by atoms with Crippen LogP contribution in [0.2, 0.25) is 0 Å². The van der Waals surface area contributed by atoms with Gasteiger partial charge in [-0.1, -0.05) is 11.3 Å². The van der Waals surface area contributed by atoms with Crippen LogP contribution in [0.5, 0.6) is 0 Å². The Hall–Kier alpha value is -1.74. The maximum Gasteiger partial charge on any atom is 0.291 e. The van der Waals surface area contributed by atoms with E-state index in [9.17, 15) is 0 Å². The predicted molar refractivity (Wildman–Crippen MR) is 89.5 cm³/mol. The summed E-state index contributed by atoms with van der Waals surface area (Å²) < 4.78 is 6.25. The Morgan fingerprint density at radius 3 is 3.00 bits per heavy atom. The molecule has 0 amide bonds. The molecule has 6 rings (SSSR count). The fraction of sp³-hybridized carbons (Fsp3) is 0.571. The van der Waals surface area contributed by atoms with Crippen LogP contribution >= 0.6 is 11.3 Å². The SMILES string of the molecule is [B]c1cnc2nc(NC3=NC[C@@]4(CN5CCC4CC5)O3)sc2n1. The summed E-state index contributed by atoms with van der Waals surface area (Å²) in [6, 6.07) is 0.561. The maximum absolute atomic E-state index is 6.25. The van der Waals surface area contributed by atoms with E-state index in [0.29, 0.717) is 33.1 Å². The number of aliphatic imine (C=N–C) groups is 1. The molecule has 2 radical (unpaired) electrons. The highest BCUT2D eigenvalue weighted by Crippen LogP contribution is 2.41. The number of hydrogen-bond acceptors (Lipinski definition) is 8. The van der Waals surface area contributed by atoms with Gasteiger partial charge in [0.2, 0.25) is 0 Å². The minimum atomic E-state index is -0.142. The lowest BCUT2D eigenvalue weighted by molar-refractivity contribution is -0.0829. The zero-order valence-corrected chi connectivity index (χ0v) is 13.3. The van der Waals surface area contributed by atoms with Gasteiger partial charge >= 0.3 is 0 Å². The highest BCUT2D eigenvalue weighted by atomic mass is 32.1. The molecule has 4 aliphatic heterocycles. The van der Waals surface area contributed by atoms with Crippen molar-refractivity contribution in [2.24, 2.45) is 10.9 Å². The van der Waals surface area contributed by atoms with Crippen molar-refractivity contribution in [3.05, 3.63) is 6.20 Å². The van der Waals surface area contributed by atoms with E-state index in [-0.39, 0.29) is 5.60 Å². The van der Waals surface area contributed by atoms with Crippen molar-refractivity contribution >= 4 is 46.4 Å². The lowest BCUT2D eigenvalue weighted by atomic mass is 9.75. The molecule has 0 aliphatic carbocycles.